The second-order valence-electron chi connectivity index (χ2n) is 4.60. The zero-order chi connectivity index (χ0) is 18.4. The molecule has 2 rings (SSSR count). The van der Waals surface area contributed by atoms with Crippen LogP contribution in [0.1, 0.15) is 0 Å². The first kappa shape index (κ1) is 19.1. The predicted octanol–water partition coefficient (Wildman–Crippen LogP) is 4.53. The number of para-hydroxylation sites is 2. The van der Waals surface area contributed by atoms with E-state index in [9.17, 15) is 4.57 Å². The second-order valence-corrected chi connectivity index (χ2v) is 7.07. The van der Waals surface area contributed by atoms with Crippen LogP contribution < -0.4 is 28.0 Å². The molecule has 0 aliphatic rings. The topological polar surface area (TPSA) is 72.5 Å². The highest BCUT2D eigenvalue weighted by Crippen LogP contribution is 2.59. The summed E-state index contributed by atoms with van der Waals surface area (Å²) in [7, 11) is 5.74. The molecule has 7 nitrogen and oxygen atoms in total. The molecule has 2 aromatic rings. The molecule has 0 unspecified atom stereocenters. The summed E-state index contributed by atoms with van der Waals surface area (Å²) in [6.07, 6.45) is 0. The molecule has 0 aliphatic heterocycles. The fraction of sp³-hybridized carbons (Fsp3) is 0.250. The maximum absolute atomic E-state index is 12.7. The minimum absolute atomic E-state index is 0.0553. The standard InChI is InChI=1S/C16H18ClO7P/c1-19-11-7-5-8-12(20-2)15(11)23-25(17,18)24-16-13(21-3)9-6-10-14(16)22-4/h5-10H,1-4H3. The monoisotopic (exact) mass is 388 g/mol. The summed E-state index contributed by atoms with van der Waals surface area (Å²) in [6.45, 7) is -4.14. The Balaban J connectivity index is 2.38. The number of ether oxygens (including phenoxy) is 4. The van der Waals surface area contributed by atoms with Crippen LogP contribution in [0.25, 0.3) is 0 Å². The van der Waals surface area contributed by atoms with Crippen molar-refractivity contribution in [3.63, 3.8) is 0 Å². The van der Waals surface area contributed by atoms with E-state index in [0.29, 0.717) is 0 Å². The van der Waals surface area contributed by atoms with Gasteiger partial charge in [-0.2, -0.15) is 0 Å². The summed E-state index contributed by atoms with van der Waals surface area (Å²) in [6, 6.07) is 9.81. The molecule has 25 heavy (non-hydrogen) atoms. The average Bonchev–Trinajstić information content (AvgIpc) is 2.61. The average molecular weight is 389 g/mol. The van der Waals surface area contributed by atoms with E-state index in [4.69, 9.17) is 39.2 Å². The van der Waals surface area contributed by atoms with E-state index < -0.39 is 6.95 Å². The zero-order valence-electron chi connectivity index (χ0n) is 14.1. The van der Waals surface area contributed by atoms with Crippen molar-refractivity contribution in [3.05, 3.63) is 36.4 Å². The van der Waals surface area contributed by atoms with Crippen molar-refractivity contribution in [1.29, 1.82) is 0 Å². The van der Waals surface area contributed by atoms with Gasteiger partial charge in [-0.1, -0.05) is 12.1 Å². The quantitative estimate of drug-likeness (QED) is 0.615. The Hall–Kier alpha value is -2.24. The molecule has 9 heteroatoms. The van der Waals surface area contributed by atoms with Crippen LogP contribution in [0.4, 0.5) is 0 Å². The van der Waals surface area contributed by atoms with Crippen LogP contribution in [-0.2, 0) is 4.57 Å². The lowest BCUT2D eigenvalue weighted by atomic mass is 10.3. The van der Waals surface area contributed by atoms with E-state index in [1.807, 2.05) is 0 Å². The van der Waals surface area contributed by atoms with E-state index in [0.717, 1.165) is 0 Å². The van der Waals surface area contributed by atoms with Crippen LogP contribution in [0.15, 0.2) is 36.4 Å². The fourth-order valence-electron chi connectivity index (χ4n) is 2.05. The minimum Gasteiger partial charge on any atom is -0.493 e. The highest BCUT2D eigenvalue weighted by molar-refractivity contribution is 7.82. The molecule has 0 saturated heterocycles. The molecule has 0 aliphatic carbocycles. The number of hydrogen-bond donors (Lipinski definition) is 0. The molecule has 0 atom stereocenters. The maximum Gasteiger partial charge on any atom is 0.530 e. The van der Waals surface area contributed by atoms with Crippen LogP contribution in [0.5, 0.6) is 34.5 Å². The Bertz CT molecular complexity index is 675. The minimum atomic E-state index is -4.14. The van der Waals surface area contributed by atoms with Gasteiger partial charge in [0.05, 0.1) is 28.4 Å². The van der Waals surface area contributed by atoms with E-state index >= 15 is 0 Å². The molecular formula is C16H18ClO7P. The van der Waals surface area contributed by atoms with Crippen molar-refractivity contribution in [2.24, 2.45) is 0 Å². The molecule has 0 aromatic heterocycles. The van der Waals surface area contributed by atoms with Crippen LogP contribution in [0.2, 0.25) is 0 Å². The summed E-state index contributed by atoms with van der Waals surface area (Å²) in [5.74, 6) is 1.26. The zero-order valence-corrected chi connectivity index (χ0v) is 15.8. The van der Waals surface area contributed by atoms with Crippen LogP contribution in [-0.4, -0.2) is 28.4 Å². The molecule has 0 spiro atoms. The largest absolute Gasteiger partial charge is 0.530 e. The molecule has 0 saturated carbocycles. The Labute approximate surface area is 150 Å². The fourth-order valence-corrected chi connectivity index (χ4v) is 3.30. The predicted molar refractivity (Wildman–Crippen MR) is 93.8 cm³/mol. The van der Waals surface area contributed by atoms with Gasteiger partial charge < -0.3 is 28.0 Å². The van der Waals surface area contributed by atoms with Gasteiger partial charge in [-0.3, -0.25) is 0 Å². The first-order chi connectivity index (χ1) is 12.0. The van der Waals surface area contributed by atoms with Gasteiger partial charge in [-0.05, 0) is 24.3 Å². The number of halogens is 1. The molecule has 0 heterocycles. The number of benzene rings is 2. The Kier molecular flexibility index (Phi) is 6.28. The molecular weight excluding hydrogens is 371 g/mol. The highest BCUT2D eigenvalue weighted by atomic mass is 35.7. The van der Waals surface area contributed by atoms with Gasteiger partial charge in [0.15, 0.2) is 23.0 Å². The van der Waals surface area contributed by atoms with Crippen LogP contribution >= 0.6 is 18.2 Å². The van der Waals surface area contributed by atoms with E-state index in [-0.39, 0.29) is 34.5 Å². The normalized spacial score (nSPS) is 10.8. The number of methoxy groups -OCH3 is 4. The van der Waals surface area contributed by atoms with Crippen molar-refractivity contribution >= 4 is 18.2 Å². The van der Waals surface area contributed by atoms with E-state index in [1.54, 1.807) is 36.4 Å². The lowest BCUT2D eigenvalue weighted by Gasteiger charge is -2.19. The summed E-state index contributed by atoms with van der Waals surface area (Å²) in [5.41, 5.74) is 0. The number of rotatable bonds is 8. The van der Waals surface area contributed by atoms with E-state index in [2.05, 4.69) is 0 Å². The maximum atomic E-state index is 12.7. The summed E-state index contributed by atoms with van der Waals surface area (Å²) in [4.78, 5) is 0. The van der Waals surface area contributed by atoms with Gasteiger partial charge in [0.1, 0.15) is 0 Å². The molecule has 136 valence electrons. The van der Waals surface area contributed by atoms with Crippen molar-refractivity contribution in [2.45, 2.75) is 0 Å². The SMILES string of the molecule is COc1cccc(OC)c1OP(=O)(Cl)Oc1c(OC)cccc1OC. The van der Waals surface area contributed by atoms with Gasteiger partial charge in [0, 0.05) is 11.2 Å². The molecule has 2 aromatic carbocycles. The van der Waals surface area contributed by atoms with Gasteiger partial charge in [-0.25, -0.2) is 4.57 Å². The summed E-state index contributed by atoms with van der Waals surface area (Å²) in [5, 5.41) is 0. The molecule has 0 N–H and O–H groups in total. The molecule has 0 fully saturated rings. The second kappa shape index (κ2) is 8.23. The first-order valence-corrected chi connectivity index (χ1v) is 9.51. The smallest absolute Gasteiger partial charge is 0.493 e. The molecule has 0 bridgehead atoms. The lowest BCUT2D eigenvalue weighted by Crippen LogP contribution is -2.01. The van der Waals surface area contributed by atoms with Gasteiger partial charge in [0.25, 0.3) is 0 Å². The van der Waals surface area contributed by atoms with Crippen molar-refractivity contribution in [3.8, 4) is 34.5 Å². The third kappa shape index (κ3) is 4.44. The van der Waals surface area contributed by atoms with Gasteiger partial charge >= 0.3 is 6.95 Å². The third-order valence-corrected chi connectivity index (χ3v) is 4.38. The Morgan fingerprint density at radius 2 is 0.960 bits per heavy atom. The van der Waals surface area contributed by atoms with Crippen LogP contribution in [0, 0.1) is 0 Å². The van der Waals surface area contributed by atoms with Gasteiger partial charge in [-0.15, -0.1) is 0 Å². The molecule has 0 amide bonds. The Morgan fingerprint density at radius 1 is 0.680 bits per heavy atom. The molecule has 0 radical (unpaired) electrons. The number of hydrogen-bond acceptors (Lipinski definition) is 7. The lowest BCUT2D eigenvalue weighted by molar-refractivity contribution is 0.328. The van der Waals surface area contributed by atoms with Gasteiger partial charge in [0.2, 0.25) is 11.5 Å². The summed E-state index contributed by atoms with van der Waals surface area (Å²) >= 11 is 6.01. The first-order valence-electron chi connectivity index (χ1n) is 7.06. The third-order valence-electron chi connectivity index (χ3n) is 3.17. The summed E-state index contributed by atoms with van der Waals surface area (Å²) < 4.78 is 44.2. The van der Waals surface area contributed by atoms with E-state index in [1.165, 1.54) is 28.4 Å². The van der Waals surface area contributed by atoms with Crippen LogP contribution in [0.3, 0.4) is 0 Å². The Morgan fingerprint density at radius 3 is 1.20 bits per heavy atom. The van der Waals surface area contributed by atoms with Crippen molar-refractivity contribution in [1.82, 2.24) is 0 Å². The van der Waals surface area contributed by atoms with Crippen molar-refractivity contribution in [2.75, 3.05) is 28.4 Å². The highest BCUT2D eigenvalue weighted by Gasteiger charge is 2.31. The van der Waals surface area contributed by atoms with Crippen molar-refractivity contribution < 1.29 is 32.6 Å².